The average Bonchev–Trinajstić information content (AvgIpc) is 3.32. The number of piperidine rings is 1. The zero-order valence-electron chi connectivity index (χ0n) is 18.7. The van der Waals surface area contributed by atoms with Crippen LogP contribution >= 0.6 is 0 Å². The van der Waals surface area contributed by atoms with Gasteiger partial charge in [-0.25, -0.2) is 9.97 Å². The van der Waals surface area contributed by atoms with Crippen LogP contribution in [0, 0.1) is 0 Å². The zero-order chi connectivity index (χ0) is 21.9. The van der Waals surface area contributed by atoms with Gasteiger partial charge < -0.3 is 19.7 Å². The van der Waals surface area contributed by atoms with Gasteiger partial charge in [0.25, 0.3) is 0 Å². The SMILES string of the molecule is COc1cc(NC2CCCN(c3nc(-c4ccncc4)nc4c3CCC4)C2)cc(OC)c1. The number of benzene rings is 1. The summed E-state index contributed by atoms with van der Waals surface area (Å²) < 4.78 is 10.9. The summed E-state index contributed by atoms with van der Waals surface area (Å²) in [7, 11) is 3.36. The fourth-order valence-corrected chi connectivity index (χ4v) is 4.72. The van der Waals surface area contributed by atoms with E-state index >= 15 is 0 Å². The van der Waals surface area contributed by atoms with Crippen molar-refractivity contribution in [2.24, 2.45) is 0 Å². The van der Waals surface area contributed by atoms with E-state index < -0.39 is 0 Å². The first kappa shape index (κ1) is 20.5. The number of anilines is 2. The Morgan fingerprint density at radius 3 is 2.50 bits per heavy atom. The molecule has 3 aromatic rings. The number of hydrogen-bond acceptors (Lipinski definition) is 7. The van der Waals surface area contributed by atoms with E-state index in [1.54, 1.807) is 26.6 Å². The summed E-state index contributed by atoms with van der Waals surface area (Å²) in [6.45, 7) is 1.91. The lowest BCUT2D eigenvalue weighted by Crippen LogP contribution is -2.43. The third kappa shape index (κ3) is 4.20. The van der Waals surface area contributed by atoms with Gasteiger partial charge >= 0.3 is 0 Å². The van der Waals surface area contributed by atoms with E-state index in [-0.39, 0.29) is 0 Å². The summed E-state index contributed by atoms with van der Waals surface area (Å²) in [5.74, 6) is 3.48. The highest BCUT2D eigenvalue weighted by Gasteiger charge is 2.27. The van der Waals surface area contributed by atoms with Gasteiger partial charge in [-0.15, -0.1) is 0 Å². The minimum atomic E-state index is 0.317. The van der Waals surface area contributed by atoms with Crippen LogP contribution < -0.4 is 19.7 Å². The summed E-state index contributed by atoms with van der Waals surface area (Å²) in [5, 5.41) is 3.69. The Balaban J connectivity index is 1.41. The first-order valence-corrected chi connectivity index (χ1v) is 11.3. The lowest BCUT2D eigenvalue weighted by molar-refractivity contribution is 0.394. The third-order valence-corrected chi connectivity index (χ3v) is 6.29. The molecule has 1 aliphatic heterocycles. The van der Waals surface area contributed by atoms with Crippen molar-refractivity contribution in [2.45, 2.75) is 38.1 Å². The van der Waals surface area contributed by atoms with Crippen molar-refractivity contribution >= 4 is 11.5 Å². The molecule has 2 aromatic heterocycles. The fraction of sp³-hybridized carbons (Fsp3) is 0.400. The maximum atomic E-state index is 5.43. The van der Waals surface area contributed by atoms with Gasteiger partial charge in [-0.1, -0.05) is 0 Å². The molecule has 0 radical (unpaired) electrons. The van der Waals surface area contributed by atoms with Gasteiger partial charge in [0.1, 0.15) is 17.3 Å². The molecule has 1 fully saturated rings. The van der Waals surface area contributed by atoms with Crippen LogP contribution in [-0.2, 0) is 12.8 Å². The molecule has 0 spiro atoms. The van der Waals surface area contributed by atoms with Crippen LogP contribution in [0.1, 0.15) is 30.5 Å². The lowest BCUT2D eigenvalue weighted by Gasteiger charge is -2.35. The van der Waals surface area contributed by atoms with Gasteiger partial charge in [-0.2, -0.15) is 0 Å². The van der Waals surface area contributed by atoms with Crippen LogP contribution in [0.15, 0.2) is 42.7 Å². The van der Waals surface area contributed by atoms with E-state index in [0.29, 0.717) is 6.04 Å². The molecule has 0 bridgehead atoms. The third-order valence-electron chi connectivity index (χ3n) is 6.29. The summed E-state index contributed by atoms with van der Waals surface area (Å²) in [6.07, 6.45) is 9.06. The zero-order valence-corrected chi connectivity index (χ0v) is 18.7. The predicted molar refractivity (Wildman–Crippen MR) is 126 cm³/mol. The Morgan fingerprint density at radius 2 is 1.75 bits per heavy atom. The van der Waals surface area contributed by atoms with E-state index in [4.69, 9.17) is 19.4 Å². The number of rotatable bonds is 6. The van der Waals surface area contributed by atoms with Crippen LogP contribution in [-0.4, -0.2) is 48.3 Å². The van der Waals surface area contributed by atoms with Crippen LogP contribution in [0.5, 0.6) is 11.5 Å². The molecule has 5 rings (SSSR count). The number of aryl methyl sites for hydroxylation is 1. The van der Waals surface area contributed by atoms with Gasteiger partial charge in [0.15, 0.2) is 5.82 Å². The monoisotopic (exact) mass is 431 g/mol. The number of fused-ring (bicyclic) bond motifs is 1. The number of ether oxygens (including phenoxy) is 2. The molecule has 7 heteroatoms. The van der Waals surface area contributed by atoms with Gasteiger partial charge in [0.05, 0.1) is 14.2 Å². The standard InChI is InChI=1S/C25H29N5O2/c1-31-20-13-19(14-21(15-20)32-2)27-18-5-4-12-30(16-18)25-22-6-3-7-23(22)28-24(29-25)17-8-10-26-11-9-17/h8-11,13-15,18,27H,3-7,12,16H2,1-2H3. The molecule has 2 aliphatic rings. The highest BCUT2D eigenvalue weighted by atomic mass is 16.5. The van der Waals surface area contributed by atoms with Crippen LogP contribution in [0.2, 0.25) is 0 Å². The molecule has 1 atom stereocenters. The van der Waals surface area contributed by atoms with E-state index in [9.17, 15) is 0 Å². The molecule has 32 heavy (non-hydrogen) atoms. The maximum Gasteiger partial charge on any atom is 0.161 e. The Hall–Kier alpha value is -3.35. The van der Waals surface area contributed by atoms with Crippen molar-refractivity contribution < 1.29 is 9.47 Å². The molecule has 0 saturated carbocycles. The molecule has 7 nitrogen and oxygen atoms in total. The Bertz CT molecular complexity index is 1070. The van der Waals surface area contributed by atoms with Crippen molar-refractivity contribution in [3.63, 3.8) is 0 Å². The highest BCUT2D eigenvalue weighted by Crippen LogP contribution is 2.33. The fourth-order valence-electron chi connectivity index (χ4n) is 4.72. The van der Waals surface area contributed by atoms with E-state index in [2.05, 4.69) is 15.2 Å². The quantitative estimate of drug-likeness (QED) is 0.629. The Kier molecular flexibility index (Phi) is 5.79. The first-order chi connectivity index (χ1) is 15.7. The number of nitrogens with one attached hydrogen (secondary N) is 1. The molecule has 1 unspecified atom stereocenters. The summed E-state index contributed by atoms with van der Waals surface area (Å²) in [5.41, 5.74) is 4.56. The van der Waals surface area contributed by atoms with Crippen molar-refractivity contribution in [3.05, 3.63) is 54.0 Å². The van der Waals surface area contributed by atoms with Gasteiger partial charge in [0.2, 0.25) is 0 Å². The second-order valence-corrected chi connectivity index (χ2v) is 8.42. The second-order valence-electron chi connectivity index (χ2n) is 8.42. The van der Waals surface area contributed by atoms with E-state index in [0.717, 1.165) is 79.6 Å². The molecule has 1 aromatic carbocycles. The number of methoxy groups -OCH3 is 2. The van der Waals surface area contributed by atoms with Gasteiger partial charge in [-0.05, 0) is 44.2 Å². The second kappa shape index (κ2) is 9.02. The Morgan fingerprint density at radius 1 is 0.969 bits per heavy atom. The molecule has 1 aliphatic carbocycles. The predicted octanol–water partition coefficient (Wildman–Crippen LogP) is 4.13. The minimum Gasteiger partial charge on any atom is -0.497 e. The van der Waals surface area contributed by atoms with Gasteiger partial charge in [0, 0.05) is 72.2 Å². The number of nitrogens with zero attached hydrogens (tertiary/aromatic N) is 4. The summed E-state index contributed by atoms with van der Waals surface area (Å²) in [4.78, 5) is 16.5. The van der Waals surface area contributed by atoms with Crippen molar-refractivity contribution in [1.82, 2.24) is 15.0 Å². The normalized spacial score (nSPS) is 17.7. The largest absolute Gasteiger partial charge is 0.497 e. The average molecular weight is 432 g/mol. The molecule has 1 saturated heterocycles. The smallest absolute Gasteiger partial charge is 0.161 e. The van der Waals surface area contributed by atoms with Crippen molar-refractivity contribution in [1.29, 1.82) is 0 Å². The van der Waals surface area contributed by atoms with Crippen LogP contribution in [0.25, 0.3) is 11.4 Å². The lowest BCUT2D eigenvalue weighted by atomic mass is 10.0. The molecule has 3 heterocycles. The van der Waals surface area contributed by atoms with Crippen LogP contribution in [0.3, 0.4) is 0 Å². The molecular formula is C25H29N5O2. The van der Waals surface area contributed by atoms with E-state index in [1.165, 1.54) is 11.3 Å². The number of pyridine rings is 1. The van der Waals surface area contributed by atoms with Crippen LogP contribution in [0.4, 0.5) is 11.5 Å². The molecule has 166 valence electrons. The Labute approximate surface area is 188 Å². The summed E-state index contributed by atoms with van der Waals surface area (Å²) in [6, 6.07) is 10.2. The molecule has 1 N–H and O–H groups in total. The van der Waals surface area contributed by atoms with Crippen molar-refractivity contribution in [3.8, 4) is 22.9 Å². The minimum absolute atomic E-state index is 0.317. The topological polar surface area (TPSA) is 72.4 Å². The van der Waals surface area contributed by atoms with Crippen molar-refractivity contribution in [2.75, 3.05) is 37.5 Å². The van der Waals surface area contributed by atoms with E-state index in [1.807, 2.05) is 30.3 Å². The molecule has 0 amide bonds. The van der Waals surface area contributed by atoms with Gasteiger partial charge in [-0.3, -0.25) is 4.98 Å². The maximum absolute atomic E-state index is 5.43. The summed E-state index contributed by atoms with van der Waals surface area (Å²) >= 11 is 0. The number of aromatic nitrogens is 3. The molecular weight excluding hydrogens is 402 g/mol. The number of hydrogen-bond donors (Lipinski definition) is 1. The first-order valence-electron chi connectivity index (χ1n) is 11.3. The highest BCUT2D eigenvalue weighted by molar-refractivity contribution is 5.62.